The molecule has 0 fully saturated rings. The number of hydrogen-bond donors (Lipinski definition) is 0. The monoisotopic (exact) mass is 223 g/mol. The first-order valence-corrected chi connectivity index (χ1v) is 5.80. The molecule has 0 radical (unpaired) electrons. The van der Waals surface area contributed by atoms with Crippen LogP contribution in [0.2, 0.25) is 0 Å². The lowest BCUT2D eigenvalue weighted by Gasteiger charge is -2.04. The van der Waals surface area contributed by atoms with Gasteiger partial charge in [-0.2, -0.15) is 0 Å². The summed E-state index contributed by atoms with van der Waals surface area (Å²) in [5, 5.41) is 0. The van der Waals surface area contributed by atoms with Crippen molar-refractivity contribution in [3.63, 3.8) is 0 Å². The van der Waals surface area contributed by atoms with E-state index in [0.717, 1.165) is 0 Å². The first-order valence-electron chi connectivity index (χ1n) is 5.80. The van der Waals surface area contributed by atoms with Crippen molar-refractivity contribution in [2.75, 3.05) is 0 Å². The third-order valence-corrected chi connectivity index (χ3v) is 3.26. The van der Waals surface area contributed by atoms with Crippen LogP contribution in [-0.2, 0) is 7.05 Å². The molecule has 0 amide bonds. The predicted octanol–water partition coefficient (Wildman–Crippen LogP) is 2.74. The zero-order valence-electron chi connectivity index (χ0n) is 10.1. The maximum absolute atomic E-state index is 2.18. The highest BCUT2D eigenvalue weighted by Crippen LogP contribution is 2.19. The van der Waals surface area contributed by atoms with E-state index in [1.807, 2.05) is 0 Å². The molecule has 0 aliphatic heterocycles. The van der Waals surface area contributed by atoms with E-state index in [1.54, 1.807) is 0 Å². The van der Waals surface area contributed by atoms with Crippen molar-refractivity contribution in [3.05, 3.63) is 60.3 Å². The average Bonchev–Trinajstić information content (AvgIpc) is 2.80. The van der Waals surface area contributed by atoms with Gasteiger partial charge in [-0.05, 0) is 36.8 Å². The lowest BCUT2D eigenvalue weighted by Crippen LogP contribution is -2.39. The van der Waals surface area contributed by atoms with Crippen LogP contribution in [0.5, 0.6) is 0 Å². The molecule has 84 valence electrons. The van der Waals surface area contributed by atoms with Gasteiger partial charge in [0.2, 0.25) is 5.69 Å². The summed E-state index contributed by atoms with van der Waals surface area (Å²) in [5.41, 5.74) is 5.02. The van der Waals surface area contributed by atoms with Crippen LogP contribution in [0.3, 0.4) is 0 Å². The van der Waals surface area contributed by atoms with Crippen LogP contribution in [0, 0.1) is 6.92 Å². The van der Waals surface area contributed by atoms with E-state index < -0.39 is 0 Å². The molecule has 0 saturated carbocycles. The van der Waals surface area contributed by atoms with E-state index in [9.17, 15) is 0 Å². The molecule has 0 saturated heterocycles. The minimum absolute atomic E-state index is 1.21. The van der Waals surface area contributed by atoms with Crippen LogP contribution in [0.15, 0.2) is 54.7 Å². The van der Waals surface area contributed by atoms with E-state index >= 15 is 0 Å². The fraction of sp³-hybridized carbons (Fsp3) is 0.133. The van der Waals surface area contributed by atoms with Crippen LogP contribution in [0.1, 0.15) is 5.56 Å². The molecular formula is C15H15N2+. The maximum atomic E-state index is 2.18. The summed E-state index contributed by atoms with van der Waals surface area (Å²) in [5.74, 6) is 0. The van der Waals surface area contributed by atoms with E-state index in [1.165, 1.54) is 22.3 Å². The zero-order valence-corrected chi connectivity index (χ0v) is 10.1. The summed E-state index contributed by atoms with van der Waals surface area (Å²) in [6.07, 6.45) is 2.08. The molecule has 0 aliphatic carbocycles. The molecule has 17 heavy (non-hydrogen) atoms. The molecule has 0 spiro atoms. The van der Waals surface area contributed by atoms with Gasteiger partial charge in [-0.25, -0.2) is 0 Å². The molecular weight excluding hydrogens is 208 g/mol. The normalized spacial score (nSPS) is 10.9. The Labute approximate surface area is 101 Å². The summed E-state index contributed by atoms with van der Waals surface area (Å²) < 4.78 is 4.33. The molecule has 2 heteroatoms. The third kappa shape index (κ3) is 1.53. The van der Waals surface area contributed by atoms with Gasteiger partial charge in [0.1, 0.15) is 5.52 Å². The quantitative estimate of drug-likeness (QED) is 0.561. The summed E-state index contributed by atoms with van der Waals surface area (Å²) in [6, 6.07) is 17.0. The Balaban J connectivity index is 2.31. The van der Waals surface area contributed by atoms with E-state index in [0.29, 0.717) is 0 Å². The zero-order chi connectivity index (χ0) is 11.8. The Bertz CT molecular complexity index is 680. The second-order valence-corrected chi connectivity index (χ2v) is 4.33. The van der Waals surface area contributed by atoms with Crippen molar-refractivity contribution in [1.82, 2.24) is 4.52 Å². The van der Waals surface area contributed by atoms with Crippen LogP contribution in [-0.4, -0.2) is 4.52 Å². The number of benzene rings is 1. The molecule has 2 aromatic heterocycles. The topological polar surface area (TPSA) is 8.29 Å². The van der Waals surface area contributed by atoms with Crippen molar-refractivity contribution in [3.8, 4) is 11.3 Å². The van der Waals surface area contributed by atoms with Crippen molar-refractivity contribution < 1.29 is 4.68 Å². The Hall–Kier alpha value is -2.09. The average molecular weight is 223 g/mol. The molecule has 3 aromatic rings. The second-order valence-electron chi connectivity index (χ2n) is 4.33. The maximum Gasteiger partial charge on any atom is 0.237 e. The fourth-order valence-electron chi connectivity index (χ4n) is 2.30. The summed E-state index contributed by atoms with van der Waals surface area (Å²) in [4.78, 5) is 0. The number of aryl methyl sites for hydroxylation is 2. The van der Waals surface area contributed by atoms with Crippen LogP contribution in [0.4, 0.5) is 0 Å². The largest absolute Gasteiger partial charge is 0.237 e. The van der Waals surface area contributed by atoms with Crippen LogP contribution >= 0.6 is 0 Å². The highest BCUT2D eigenvalue weighted by molar-refractivity contribution is 5.62. The molecule has 2 heterocycles. The van der Waals surface area contributed by atoms with Crippen molar-refractivity contribution in [2.24, 2.45) is 7.05 Å². The van der Waals surface area contributed by atoms with Crippen molar-refractivity contribution in [1.29, 1.82) is 0 Å². The summed E-state index contributed by atoms with van der Waals surface area (Å²) in [6.45, 7) is 2.15. The number of fused-ring (bicyclic) bond motifs is 1. The first kappa shape index (κ1) is 10.1. The van der Waals surface area contributed by atoms with Crippen LogP contribution < -0.4 is 4.68 Å². The molecule has 0 aliphatic rings. The SMILES string of the molecule is Cc1ccccc1-c1ccc2cccn2[n+]1C. The molecule has 3 rings (SSSR count). The van der Waals surface area contributed by atoms with Gasteiger partial charge in [-0.1, -0.05) is 18.2 Å². The van der Waals surface area contributed by atoms with Gasteiger partial charge in [-0.15, -0.1) is 9.20 Å². The van der Waals surface area contributed by atoms with Gasteiger partial charge in [0.15, 0.2) is 7.05 Å². The minimum Gasteiger partial charge on any atom is -0.128 e. The van der Waals surface area contributed by atoms with E-state index in [-0.39, 0.29) is 0 Å². The molecule has 0 atom stereocenters. The van der Waals surface area contributed by atoms with Gasteiger partial charge in [-0.3, -0.25) is 0 Å². The number of hydrogen-bond acceptors (Lipinski definition) is 0. The Morgan fingerprint density at radius 3 is 2.59 bits per heavy atom. The van der Waals surface area contributed by atoms with Crippen molar-refractivity contribution >= 4 is 5.52 Å². The standard InChI is InChI=1S/C15H15N2/c1-12-6-3-4-8-14(12)15-10-9-13-7-5-11-17(13)16(15)2/h3-11H,1-2H3/q+1. The van der Waals surface area contributed by atoms with E-state index in [4.69, 9.17) is 0 Å². The van der Waals surface area contributed by atoms with Gasteiger partial charge < -0.3 is 0 Å². The lowest BCUT2D eigenvalue weighted by atomic mass is 10.1. The highest BCUT2D eigenvalue weighted by atomic mass is 15.3. The number of nitrogens with zero attached hydrogens (tertiary/aromatic N) is 2. The van der Waals surface area contributed by atoms with Crippen LogP contribution in [0.25, 0.3) is 16.8 Å². The predicted molar refractivity (Wildman–Crippen MR) is 68.7 cm³/mol. The summed E-state index contributed by atoms with van der Waals surface area (Å²) >= 11 is 0. The summed E-state index contributed by atoms with van der Waals surface area (Å²) in [7, 11) is 2.09. The van der Waals surface area contributed by atoms with Gasteiger partial charge >= 0.3 is 0 Å². The minimum atomic E-state index is 1.21. The van der Waals surface area contributed by atoms with Gasteiger partial charge in [0, 0.05) is 6.07 Å². The van der Waals surface area contributed by atoms with E-state index in [2.05, 4.69) is 77.9 Å². The smallest absolute Gasteiger partial charge is 0.128 e. The Morgan fingerprint density at radius 1 is 0.941 bits per heavy atom. The molecule has 0 N–H and O–H groups in total. The third-order valence-electron chi connectivity index (χ3n) is 3.26. The van der Waals surface area contributed by atoms with Crippen molar-refractivity contribution in [2.45, 2.75) is 6.92 Å². The molecule has 0 unspecified atom stereocenters. The highest BCUT2D eigenvalue weighted by Gasteiger charge is 2.14. The molecule has 1 aromatic carbocycles. The number of rotatable bonds is 1. The Kier molecular flexibility index (Phi) is 2.22. The first-order chi connectivity index (χ1) is 8.27. The fourth-order valence-corrected chi connectivity index (χ4v) is 2.30. The number of aromatic nitrogens is 2. The lowest BCUT2D eigenvalue weighted by molar-refractivity contribution is -0.730. The second kappa shape index (κ2) is 3.74. The van der Waals surface area contributed by atoms with Gasteiger partial charge in [0.05, 0.1) is 11.8 Å². The van der Waals surface area contributed by atoms with Gasteiger partial charge in [0.25, 0.3) is 0 Å². The molecule has 2 nitrogen and oxygen atoms in total. The molecule has 0 bridgehead atoms. The Morgan fingerprint density at radius 2 is 1.76 bits per heavy atom.